The summed E-state index contributed by atoms with van der Waals surface area (Å²) in [6.45, 7) is 2.47. The van der Waals surface area contributed by atoms with Crippen molar-refractivity contribution in [3.05, 3.63) is 29.6 Å². The third kappa shape index (κ3) is 3.77. The molecule has 1 atom stereocenters. The van der Waals surface area contributed by atoms with Gasteiger partial charge in [0.25, 0.3) is 0 Å². The van der Waals surface area contributed by atoms with Crippen molar-refractivity contribution in [2.45, 2.75) is 17.1 Å². The van der Waals surface area contributed by atoms with E-state index in [1.807, 2.05) is 6.92 Å². The number of nitrogens with zero attached hydrogens (tertiary/aromatic N) is 1. The summed E-state index contributed by atoms with van der Waals surface area (Å²) < 4.78 is 40.2. The first-order valence-corrected chi connectivity index (χ1v) is 8.95. The Morgan fingerprint density at radius 3 is 2.90 bits per heavy atom. The Balaban J connectivity index is 2.30. The summed E-state index contributed by atoms with van der Waals surface area (Å²) in [7, 11) is -3.67. The SMILES string of the molecule is CC1CN(S(=O)(=O)c2ccc(C#CCO)c(F)c2)CCS1. The van der Waals surface area contributed by atoms with E-state index in [0.717, 1.165) is 11.8 Å². The van der Waals surface area contributed by atoms with Crippen LogP contribution in [0.25, 0.3) is 0 Å². The van der Waals surface area contributed by atoms with Crippen LogP contribution in [-0.2, 0) is 10.0 Å². The molecule has 2 rings (SSSR count). The van der Waals surface area contributed by atoms with Crippen molar-refractivity contribution in [3.8, 4) is 11.8 Å². The smallest absolute Gasteiger partial charge is 0.243 e. The van der Waals surface area contributed by atoms with Crippen molar-refractivity contribution in [3.63, 3.8) is 0 Å². The highest BCUT2D eigenvalue weighted by atomic mass is 32.2. The van der Waals surface area contributed by atoms with Gasteiger partial charge in [-0.25, -0.2) is 12.8 Å². The monoisotopic (exact) mass is 329 g/mol. The molecular weight excluding hydrogens is 313 g/mol. The number of rotatable bonds is 2. The van der Waals surface area contributed by atoms with Crippen molar-refractivity contribution in [2.75, 3.05) is 25.4 Å². The topological polar surface area (TPSA) is 57.6 Å². The van der Waals surface area contributed by atoms with Gasteiger partial charge in [0.2, 0.25) is 10.0 Å². The number of thioether (sulfide) groups is 1. The van der Waals surface area contributed by atoms with E-state index in [2.05, 4.69) is 11.8 Å². The molecule has 1 aliphatic rings. The van der Waals surface area contributed by atoms with Crippen molar-refractivity contribution >= 4 is 21.8 Å². The maximum atomic E-state index is 13.9. The van der Waals surface area contributed by atoms with E-state index in [9.17, 15) is 12.8 Å². The van der Waals surface area contributed by atoms with E-state index in [4.69, 9.17) is 5.11 Å². The Morgan fingerprint density at radius 1 is 1.52 bits per heavy atom. The van der Waals surface area contributed by atoms with Gasteiger partial charge in [0.05, 0.1) is 10.5 Å². The van der Waals surface area contributed by atoms with Crippen LogP contribution in [0.3, 0.4) is 0 Å². The van der Waals surface area contributed by atoms with Crippen LogP contribution >= 0.6 is 11.8 Å². The lowest BCUT2D eigenvalue weighted by atomic mass is 10.2. The van der Waals surface area contributed by atoms with Gasteiger partial charge in [-0.1, -0.05) is 18.8 Å². The second-order valence-corrected chi connectivity index (χ2v) is 8.13. The van der Waals surface area contributed by atoms with E-state index in [0.29, 0.717) is 13.1 Å². The van der Waals surface area contributed by atoms with Crippen LogP contribution in [0.5, 0.6) is 0 Å². The molecule has 1 fully saturated rings. The Kier molecular flexibility index (Phi) is 5.27. The molecule has 114 valence electrons. The number of hydrogen-bond donors (Lipinski definition) is 1. The fraction of sp³-hybridized carbons (Fsp3) is 0.429. The van der Waals surface area contributed by atoms with Crippen molar-refractivity contribution in [1.29, 1.82) is 0 Å². The molecule has 0 bridgehead atoms. The third-order valence-corrected chi connectivity index (χ3v) is 6.08. The first-order chi connectivity index (χ1) is 9.95. The number of aliphatic hydroxyl groups excluding tert-OH is 1. The quantitative estimate of drug-likeness (QED) is 0.831. The molecule has 1 N–H and O–H groups in total. The predicted molar refractivity (Wildman–Crippen MR) is 81.0 cm³/mol. The lowest BCUT2D eigenvalue weighted by molar-refractivity contribution is 0.350. The minimum atomic E-state index is -3.67. The summed E-state index contributed by atoms with van der Waals surface area (Å²) in [5.74, 6) is 4.82. The highest BCUT2D eigenvalue weighted by Crippen LogP contribution is 2.25. The average Bonchev–Trinajstić information content (AvgIpc) is 2.46. The highest BCUT2D eigenvalue weighted by molar-refractivity contribution is 8.00. The maximum Gasteiger partial charge on any atom is 0.243 e. The number of aliphatic hydroxyl groups is 1. The van der Waals surface area contributed by atoms with Gasteiger partial charge >= 0.3 is 0 Å². The fourth-order valence-corrected chi connectivity index (χ4v) is 4.81. The van der Waals surface area contributed by atoms with Gasteiger partial charge in [-0.15, -0.1) is 0 Å². The van der Waals surface area contributed by atoms with Gasteiger partial charge in [0.1, 0.15) is 12.4 Å². The molecule has 1 saturated heterocycles. The standard InChI is InChI=1S/C14H16FNO3S2/c1-11-10-16(6-8-20-11)21(18,19)13-5-4-12(3-2-7-17)14(15)9-13/h4-5,9,11,17H,6-8,10H2,1H3. The molecule has 1 aliphatic heterocycles. The molecule has 7 heteroatoms. The molecule has 1 aromatic rings. The van der Waals surface area contributed by atoms with E-state index >= 15 is 0 Å². The minimum absolute atomic E-state index is 0.0614. The summed E-state index contributed by atoms with van der Waals surface area (Å²) in [4.78, 5) is -0.0614. The van der Waals surface area contributed by atoms with Crippen molar-refractivity contribution in [1.82, 2.24) is 4.31 Å². The first kappa shape index (κ1) is 16.3. The van der Waals surface area contributed by atoms with Crippen LogP contribution in [0.2, 0.25) is 0 Å². The van der Waals surface area contributed by atoms with Crippen molar-refractivity contribution in [2.24, 2.45) is 0 Å². The maximum absolute atomic E-state index is 13.9. The number of benzene rings is 1. The zero-order valence-corrected chi connectivity index (χ0v) is 13.2. The van der Waals surface area contributed by atoms with E-state index < -0.39 is 15.8 Å². The van der Waals surface area contributed by atoms with Crippen LogP contribution in [0.15, 0.2) is 23.1 Å². The Morgan fingerprint density at radius 2 is 2.29 bits per heavy atom. The summed E-state index contributed by atoms with van der Waals surface area (Å²) in [5, 5.41) is 8.83. The summed E-state index contributed by atoms with van der Waals surface area (Å²) in [6.07, 6.45) is 0. The van der Waals surface area contributed by atoms with Crippen LogP contribution in [0.4, 0.5) is 4.39 Å². The molecule has 0 radical (unpaired) electrons. The Hall–Kier alpha value is -1.07. The summed E-state index contributed by atoms with van der Waals surface area (Å²) in [5.41, 5.74) is 0.0746. The molecule has 1 unspecified atom stereocenters. The van der Waals surface area contributed by atoms with E-state index in [-0.39, 0.29) is 22.3 Å². The van der Waals surface area contributed by atoms with E-state index in [1.165, 1.54) is 16.4 Å². The Bertz CT molecular complexity index is 679. The Labute approximate surface area is 128 Å². The molecule has 1 heterocycles. The van der Waals surface area contributed by atoms with Gasteiger partial charge in [-0.2, -0.15) is 16.1 Å². The molecule has 1 aromatic carbocycles. The number of sulfonamides is 1. The molecule has 21 heavy (non-hydrogen) atoms. The fourth-order valence-electron chi connectivity index (χ4n) is 2.05. The zero-order valence-electron chi connectivity index (χ0n) is 11.5. The second-order valence-electron chi connectivity index (χ2n) is 4.65. The number of hydrogen-bond acceptors (Lipinski definition) is 4. The lowest BCUT2D eigenvalue weighted by Crippen LogP contribution is -2.40. The summed E-state index contributed by atoms with van der Waals surface area (Å²) in [6, 6.07) is 3.67. The first-order valence-electron chi connectivity index (χ1n) is 6.46. The average molecular weight is 329 g/mol. The van der Waals surface area contributed by atoms with Gasteiger partial charge < -0.3 is 5.11 Å². The minimum Gasteiger partial charge on any atom is -0.384 e. The van der Waals surface area contributed by atoms with Crippen LogP contribution < -0.4 is 0 Å². The summed E-state index contributed by atoms with van der Waals surface area (Å²) >= 11 is 1.73. The van der Waals surface area contributed by atoms with Crippen LogP contribution in [0.1, 0.15) is 12.5 Å². The largest absolute Gasteiger partial charge is 0.384 e. The third-order valence-electron chi connectivity index (χ3n) is 3.08. The van der Waals surface area contributed by atoms with Gasteiger partial charge in [-0.3, -0.25) is 0 Å². The van der Waals surface area contributed by atoms with Crippen LogP contribution in [0, 0.1) is 17.7 Å². The molecular formula is C14H16FNO3S2. The molecule has 0 aromatic heterocycles. The normalized spacial score (nSPS) is 19.9. The predicted octanol–water partition coefficient (Wildman–Crippen LogP) is 1.30. The molecule has 4 nitrogen and oxygen atoms in total. The van der Waals surface area contributed by atoms with Crippen LogP contribution in [-0.4, -0.2) is 48.5 Å². The molecule has 0 aliphatic carbocycles. The molecule has 0 spiro atoms. The van der Waals surface area contributed by atoms with Gasteiger partial charge in [-0.05, 0) is 18.2 Å². The van der Waals surface area contributed by atoms with Gasteiger partial charge in [0, 0.05) is 24.1 Å². The van der Waals surface area contributed by atoms with E-state index in [1.54, 1.807) is 11.8 Å². The van der Waals surface area contributed by atoms with Gasteiger partial charge in [0.15, 0.2) is 0 Å². The van der Waals surface area contributed by atoms with Crippen molar-refractivity contribution < 1.29 is 17.9 Å². The molecule has 0 amide bonds. The zero-order chi connectivity index (χ0) is 15.5. The molecule has 0 saturated carbocycles. The second kappa shape index (κ2) is 6.79. The number of halogens is 1. The lowest BCUT2D eigenvalue weighted by Gasteiger charge is -2.29. The highest BCUT2D eigenvalue weighted by Gasteiger charge is 2.29.